The average Bonchev–Trinajstić information content (AvgIpc) is 2.45. The SMILES string of the molecule is CCCNCCNC(=O)CC(CC)c1ccccc1. The molecular formula is C16H26N2O. The van der Waals surface area contributed by atoms with Gasteiger partial charge in [0.25, 0.3) is 0 Å². The largest absolute Gasteiger partial charge is 0.355 e. The van der Waals surface area contributed by atoms with Gasteiger partial charge in [0.05, 0.1) is 0 Å². The highest BCUT2D eigenvalue weighted by Gasteiger charge is 2.13. The number of carbonyl (C=O) groups excluding carboxylic acids is 1. The normalized spacial score (nSPS) is 12.1. The minimum absolute atomic E-state index is 0.147. The summed E-state index contributed by atoms with van der Waals surface area (Å²) < 4.78 is 0. The number of amides is 1. The van der Waals surface area contributed by atoms with Gasteiger partial charge in [-0.15, -0.1) is 0 Å². The van der Waals surface area contributed by atoms with Crippen LogP contribution in [0.2, 0.25) is 0 Å². The molecule has 2 N–H and O–H groups in total. The number of nitrogens with one attached hydrogen (secondary N) is 2. The summed E-state index contributed by atoms with van der Waals surface area (Å²) in [7, 11) is 0. The first-order chi connectivity index (χ1) is 9.27. The zero-order valence-corrected chi connectivity index (χ0v) is 12.1. The highest BCUT2D eigenvalue weighted by Crippen LogP contribution is 2.22. The summed E-state index contributed by atoms with van der Waals surface area (Å²) in [4.78, 5) is 11.9. The van der Waals surface area contributed by atoms with E-state index in [1.807, 2.05) is 18.2 Å². The van der Waals surface area contributed by atoms with Crippen LogP contribution < -0.4 is 10.6 Å². The van der Waals surface area contributed by atoms with E-state index in [1.165, 1.54) is 5.56 Å². The van der Waals surface area contributed by atoms with Gasteiger partial charge in [0.1, 0.15) is 0 Å². The van der Waals surface area contributed by atoms with E-state index in [9.17, 15) is 4.79 Å². The zero-order valence-electron chi connectivity index (χ0n) is 12.1. The van der Waals surface area contributed by atoms with Gasteiger partial charge in [0.2, 0.25) is 5.91 Å². The molecule has 0 heterocycles. The number of hydrogen-bond acceptors (Lipinski definition) is 2. The van der Waals surface area contributed by atoms with Crippen LogP contribution in [0.15, 0.2) is 30.3 Å². The quantitative estimate of drug-likeness (QED) is 0.672. The lowest BCUT2D eigenvalue weighted by molar-refractivity contribution is -0.121. The molecule has 0 fully saturated rings. The highest BCUT2D eigenvalue weighted by atomic mass is 16.1. The van der Waals surface area contributed by atoms with Crippen molar-refractivity contribution in [3.63, 3.8) is 0 Å². The molecule has 106 valence electrons. The van der Waals surface area contributed by atoms with Gasteiger partial charge in [-0.1, -0.05) is 44.2 Å². The lowest BCUT2D eigenvalue weighted by Gasteiger charge is -2.15. The maximum Gasteiger partial charge on any atom is 0.220 e. The molecule has 0 spiro atoms. The molecule has 1 rings (SSSR count). The van der Waals surface area contributed by atoms with Gasteiger partial charge in [-0.25, -0.2) is 0 Å². The Balaban J connectivity index is 2.30. The second-order valence-corrected chi connectivity index (χ2v) is 4.82. The number of rotatable bonds is 9. The van der Waals surface area contributed by atoms with Crippen LogP contribution in [0.3, 0.4) is 0 Å². The van der Waals surface area contributed by atoms with Crippen molar-refractivity contribution in [2.45, 2.75) is 39.0 Å². The maximum absolute atomic E-state index is 11.9. The van der Waals surface area contributed by atoms with Gasteiger partial charge in [0.15, 0.2) is 0 Å². The molecule has 3 nitrogen and oxygen atoms in total. The van der Waals surface area contributed by atoms with Gasteiger partial charge in [-0.3, -0.25) is 4.79 Å². The van der Waals surface area contributed by atoms with Crippen LogP contribution in [0, 0.1) is 0 Å². The fourth-order valence-corrected chi connectivity index (χ4v) is 2.11. The Bertz CT molecular complexity index is 351. The number of carbonyl (C=O) groups is 1. The van der Waals surface area contributed by atoms with Crippen LogP contribution in [0.1, 0.15) is 44.6 Å². The Morgan fingerprint density at radius 2 is 1.84 bits per heavy atom. The lowest BCUT2D eigenvalue weighted by Crippen LogP contribution is -2.32. The summed E-state index contributed by atoms with van der Waals surface area (Å²) in [5, 5.41) is 6.25. The first-order valence-corrected chi connectivity index (χ1v) is 7.30. The Hall–Kier alpha value is -1.35. The molecular weight excluding hydrogens is 236 g/mol. The minimum atomic E-state index is 0.147. The topological polar surface area (TPSA) is 41.1 Å². The molecule has 19 heavy (non-hydrogen) atoms. The molecule has 1 aromatic carbocycles. The molecule has 0 aliphatic heterocycles. The van der Waals surface area contributed by atoms with Gasteiger partial charge in [-0.2, -0.15) is 0 Å². The van der Waals surface area contributed by atoms with Crippen molar-refractivity contribution < 1.29 is 4.79 Å². The molecule has 3 heteroatoms. The molecule has 1 amide bonds. The molecule has 0 saturated carbocycles. The smallest absolute Gasteiger partial charge is 0.220 e. The van der Waals surface area contributed by atoms with Crippen molar-refractivity contribution in [2.24, 2.45) is 0 Å². The van der Waals surface area contributed by atoms with Gasteiger partial charge in [0, 0.05) is 19.5 Å². The van der Waals surface area contributed by atoms with Gasteiger partial charge in [-0.05, 0) is 30.9 Å². The molecule has 0 bridgehead atoms. The molecule has 1 atom stereocenters. The fourth-order valence-electron chi connectivity index (χ4n) is 2.11. The van der Waals surface area contributed by atoms with E-state index in [2.05, 4.69) is 36.6 Å². The minimum Gasteiger partial charge on any atom is -0.355 e. The number of hydrogen-bond donors (Lipinski definition) is 2. The summed E-state index contributed by atoms with van der Waals surface area (Å²) >= 11 is 0. The first-order valence-electron chi connectivity index (χ1n) is 7.30. The van der Waals surface area contributed by atoms with Crippen LogP contribution in [-0.4, -0.2) is 25.5 Å². The Morgan fingerprint density at radius 3 is 2.47 bits per heavy atom. The summed E-state index contributed by atoms with van der Waals surface area (Å²) in [5.74, 6) is 0.471. The van der Waals surface area contributed by atoms with Crippen LogP contribution in [0.5, 0.6) is 0 Å². The molecule has 0 saturated heterocycles. The molecule has 0 aromatic heterocycles. The van der Waals surface area contributed by atoms with Crippen molar-refractivity contribution in [1.29, 1.82) is 0 Å². The lowest BCUT2D eigenvalue weighted by atomic mass is 9.93. The molecule has 0 aliphatic rings. The molecule has 1 unspecified atom stereocenters. The van der Waals surface area contributed by atoms with Crippen molar-refractivity contribution >= 4 is 5.91 Å². The Kier molecular flexibility index (Phi) is 7.91. The predicted octanol–water partition coefficient (Wildman–Crippen LogP) is 2.69. The average molecular weight is 262 g/mol. The van der Waals surface area contributed by atoms with Crippen molar-refractivity contribution in [3.05, 3.63) is 35.9 Å². The Labute approximate surface area is 116 Å². The Morgan fingerprint density at radius 1 is 1.11 bits per heavy atom. The first kappa shape index (κ1) is 15.7. The van der Waals surface area contributed by atoms with E-state index in [0.29, 0.717) is 18.9 Å². The van der Waals surface area contributed by atoms with Gasteiger partial charge < -0.3 is 10.6 Å². The van der Waals surface area contributed by atoms with Crippen molar-refractivity contribution in [1.82, 2.24) is 10.6 Å². The third kappa shape index (κ3) is 6.39. The third-order valence-corrected chi connectivity index (χ3v) is 3.25. The predicted molar refractivity (Wildman–Crippen MR) is 80.3 cm³/mol. The summed E-state index contributed by atoms with van der Waals surface area (Å²) in [6.45, 7) is 6.84. The van der Waals surface area contributed by atoms with E-state index >= 15 is 0 Å². The van der Waals surface area contributed by atoms with Crippen LogP contribution in [0.25, 0.3) is 0 Å². The van der Waals surface area contributed by atoms with E-state index in [1.54, 1.807) is 0 Å². The number of benzene rings is 1. The zero-order chi connectivity index (χ0) is 13.9. The van der Waals surface area contributed by atoms with E-state index in [0.717, 1.165) is 25.9 Å². The van der Waals surface area contributed by atoms with E-state index in [4.69, 9.17) is 0 Å². The summed E-state index contributed by atoms with van der Waals surface area (Å²) in [5.41, 5.74) is 1.25. The van der Waals surface area contributed by atoms with E-state index < -0.39 is 0 Å². The second kappa shape index (κ2) is 9.56. The third-order valence-electron chi connectivity index (χ3n) is 3.25. The van der Waals surface area contributed by atoms with Crippen molar-refractivity contribution in [2.75, 3.05) is 19.6 Å². The van der Waals surface area contributed by atoms with Crippen LogP contribution >= 0.6 is 0 Å². The molecule has 0 aliphatic carbocycles. The van der Waals surface area contributed by atoms with E-state index in [-0.39, 0.29) is 5.91 Å². The molecule has 0 radical (unpaired) electrons. The van der Waals surface area contributed by atoms with Crippen LogP contribution in [-0.2, 0) is 4.79 Å². The summed E-state index contributed by atoms with van der Waals surface area (Å²) in [6, 6.07) is 10.3. The second-order valence-electron chi connectivity index (χ2n) is 4.82. The fraction of sp³-hybridized carbons (Fsp3) is 0.562. The molecule has 1 aromatic rings. The standard InChI is InChI=1S/C16H26N2O/c1-3-10-17-11-12-18-16(19)13-14(4-2)15-8-6-5-7-9-15/h5-9,14,17H,3-4,10-13H2,1-2H3,(H,18,19). The summed E-state index contributed by atoms with van der Waals surface area (Å²) in [6.07, 6.45) is 2.69. The monoisotopic (exact) mass is 262 g/mol. The maximum atomic E-state index is 11.9. The van der Waals surface area contributed by atoms with Crippen molar-refractivity contribution in [3.8, 4) is 0 Å². The highest BCUT2D eigenvalue weighted by molar-refractivity contribution is 5.76. The van der Waals surface area contributed by atoms with Crippen LogP contribution in [0.4, 0.5) is 0 Å². The van der Waals surface area contributed by atoms with Gasteiger partial charge >= 0.3 is 0 Å².